The van der Waals surface area contributed by atoms with Crippen molar-refractivity contribution < 1.29 is 23.1 Å². The quantitative estimate of drug-likeness (QED) is 0.670. The van der Waals surface area contributed by atoms with Gasteiger partial charge in [0.25, 0.3) is 0 Å². The first-order chi connectivity index (χ1) is 5.37. The van der Waals surface area contributed by atoms with Crippen molar-refractivity contribution in [1.29, 1.82) is 0 Å². The number of hydrogen-bond donors (Lipinski definition) is 1. The zero-order chi connectivity index (χ0) is 9.78. The first kappa shape index (κ1) is 10.8. The molecule has 0 heterocycles. The first-order valence-electron chi connectivity index (χ1n) is 3.10. The van der Waals surface area contributed by atoms with Crippen LogP contribution in [0.5, 0.6) is 0 Å². The van der Waals surface area contributed by atoms with Crippen LogP contribution in [0.2, 0.25) is 0 Å². The monoisotopic (exact) mass is 180 g/mol. The van der Waals surface area contributed by atoms with Gasteiger partial charge >= 0.3 is 12.1 Å². The van der Waals surface area contributed by atoms with Crippen LogP contribution in [0.4, 0.5) is 13.2 Å². The van der Waals surface area contributed by atoms with E-state index in [-0.39, 0.29) is 0 Å². The summed E-state index contributed by atoms with van der Waals surface area (Å²) in [4.78, 5) is 10.2. The maximum absolute atomic E-state index is 11.7. The second kappa shape index (κ2) is 4.00. The highest BCUT2D eigenvalue weighted by Crippen LogP contribution is 2.26. The average molecular weight is 180 g/mol. The van der Waals surface area contributed by atoms with Crippen LogP contribution in [0.15, 0.2) is 0 Å². The predicted octanol–water partition coefficient (Wildman–Crippen LogP) is 1.66. The number of hydrogen-bond acceptors (Lipinski definition) is 1. The molecule has 1 atom stereocenters. The maximum Gasteiger partial charge on any atom is 0.389 e. The third kappa shape index (κ3) is 4.61. The fourth-order valence-electron chi connectivity index (χ4n) is 0.668. The van der Waals surface area contributed by atoms with E-state index in [9.17, 15) is 18.0 Å². The molecule has 0 rings (SSSR count). The second-order valence-corrected chi connectivity index (χ2v) is 2.26. The van der Waals surface area contributed by atoms with Gasteiger partial charge in [0.15, 0.2) is 0 Å². The van der Waals surface area contributed by atoms with E-state index in [0.717, 1.165) is 0 Å². The van der Waals surface area contributed by atoms with Gasteiger partial charge < -0.3 is 5.11 Å². The molecule has 0 amide bonds. The topological polar surface area (TPSA) is 37.3 Å². The van der Waals surface area contributed by atoms with Gasteiger partial charge in [-0.3, -0.25) is 4.79 Å². The zero-order valence-electron chi connectivity index (χ0n) is 6.06. The summed E-state index contributed by atoms with van der Waals surface area (Å²) >= 11 is 0. The van der Waals surface area contributed by atoms with E-state index in [1.165, 1.54) is 0 Å². The molecular formula is C7H7F3O2. The molecular weight excluding hydrogens is 173 g/mol. The van der Waals surface area contributed by atoms with Crippen LogP contribution in [0, 0.1) is 18.3 Å². The summed E-state index contributed by atoms with van der Waals surface area (Å²) in [6, 6.07) is 0. The van der Waals surface area contributed by atoms with Crippen LogP contribution in [0.3, 0.4) is 0 Å². The summed E-state index contributed by atoms with van der Waals surface area (Å²) in [5.41, 5.74) is 0. The molecule has 0 saturated carbocycles. The van der Waals surface area contributed by atoms with Crippen molar-refractivity contribution >= 4 is 5.97 Å². The SMILES string of the molecule is C#CC[C@@H](CC(F)(F)F)C(=O)O. The predicted molar refractivity (Wildman–Crippen MR) is 35.2 cm³/mol. The second-order valence-electron chi connectivity index (χ2n) is 2.26. The Balaban J connectivity index is 4.16. The third-order valence-electron chi connectivity index (χ3n) is 1.19. The molecule has 0 bridgehead atoms. The van der Waals surface area contributed by atoms with Gasteiger partial charge in [-0.05, 0) is 0 Å². The van der Waals surface area contributed by atoms with E-state index in [0.29, 0.717) is 0 Å². The van der Waals surface area contributed by atoms with E-state index in [1.54, 1.807) is 0 Å². The summed E-state index contributed by atoms with van der Waals surface area (Å²) in [7, 11) is 0. The maximum atomic E-state index is 11.7. The lowest BCUT2D eigenvalue weighted by Crippen LogP contribution is -2.21. The largest absolute Gasteiger partial charge is 0.481 e. The molecule has 1 N–H and O–H groups in total. The summed E-state index contributed by atoms with van der Waals surface area (Å²) in [5.74, 6) is -1.14. The van der Waals surface area contributed by atoms with Crippen molar-refractivity contribution in [2.45, 2.75) is 19.0 Å². The number of aliphatic carboxylic acids is 1. The minimum absolute atomic E-state index is 0.394. The highest BCUT2D eigenvalue weighted by molar-refractivity contribution is 5.70. The Morgan fingerprint density at radius 1 is 1.58 bits per heavy atom. The smallest absolute Gasteiger partial charge is 0.389 e. The molecule has 0 aliphatic rings. The number of alkyl halides is 3. The molecule has 2 nitrogen and oxygen atoms in total. The fourth-order valence-corrected chi connectivity index (χ4v) is 0.668. The lowest BCUT2D eigenvalue weighted by molar-refractivity contribution is -0.163. The molecule has 0 aromatic rings. The minimum Gasteiger partial charge on any atom is -0.481 e. The molecule has 0 aliphatic carbocycles. The van der Waals surface area contributed by atoms with Crippen LogP contribution in [0.25, 0.3) is 0 Å². The van der Waals surface area contributed by atoms with Gasteiger partial charge in [-0.2, -0.15) is 13.2 Å². The Labute approximate surface area is 67.4 Å². The molecule has 68 valence electrons. The molecule has 0 unspecified atom stereocenters. The number of terminal acetylenes is 1. The third-order valence-corrected chi connectivity index (χ3v) is 1.19. The first-order valence-corrected chi connectivity index (χ1v) is 3.10. The number of carbonyl (C=O) groups is 1. The molecule has 0 saturated heterocycles. The van der Waals surface area contributed by atoms with Crippen molar-refractivity contribution in [2.24, 2.45) is 5.92 Å². The van der Waals surface area contributed by atoms with Crippen molar-refractivity contribution in [3.05, 3.63) is 0 Å². The molecule has 0 fully saturated rings. The van der Waals surface area contributed by atoms with E-state index < -0.39 is 30.9 Å². The molecule has 0 spiro atoms. The Bertz CT molecular complexity index is 202. The van der Waals surface area contributed by atoms with E-state index >= 15 is 0 Å². The van der Waals surface area contributed by atoms with E-state index in [4.69, 9.17) is 11.5 Å². The lowest BCUT2D eigenvalue weighted by atomic mass is 10.0. The van der Waals surface area contributed by atoms with Gasteiger partial charge in [0, 0.05) is 6.42 Å². The molecule has 5 heteroatoms. The zero-order valence-corrected chi connectivity index (χ0v) is 6.06. The molecule has 0 aliphatic heterocycles. The summed E-state index contributed by atoms with van der Waals surface area (Å²) in [5, 5.41) is 8.27. The number of carboxylic acid groups (broad SMARTS) is 1. The fraction of sp³-hybridized carbons (Fsp3) is 0.571. The van der Waals surface area contributed by atoms with Gasteiger partial charge in [0.05, 0.1) is 12.3 Å². The Morgan fingerprint density at radius 3 is 2.33 bits per heavy atom. The summed E-state index contributed by atoms with van der Waals surface area (Å²) in [6.07, 6.45) is -1.53. The molecule has 0 aromatic heterocycles. The normalized spacial score (nSPS) is 13.5. The standard InChI is InChI=1S/C7H7F3O2/c1-2-3-5(6(11)12)4-7(8,9)10/h1,5H,3-4H2,(H,11,12)/t5-/m0/s1. The van der Waals surface area contributed by atoms with Gasteiger partial charge in [0.2, 0.25) is 0 Å². The Kier molecular flexibility index (Phi) is 3.61. The lowest BCUT2D eigenvalue weighted by Gasteiger charge is -2.11. The number of halogens is 3. The van der Waals surface area contributed by atoms with Gasteiger partial charge in [0.1, 0.15) is 0 Å². The summed E-state index contributed by atoms with van der Waals surface area (Å²) < 4.78 is 35.0. The van der Waals surface area contributed by atoms with Crippen LogP contribution in [-0.2, 0) is 4.79 Å². The van der Waals surface area contributed by atoms with Gasteiger partial charge in [-0.25, -0.2) is 0 Å². The van der Waals surface area contributed by atoms with Crippen molar-refractivity contribution in [2.75, 3.05) is 0 Å². The van der Waals surface area contributed by atoms with E-state index in [1.807, 2.05) is 5.92 Å². The highest BCUT2D eigenvalue weighted by atomic mass is 19.4. The molecule has 0 radical (unpaired) electrons. The molecule has 0 aromatic carbocycles. The van der Waals surface area contributed by atoms with Crippen LogP contribution in [0.1, 0.15) is 12.8 Å². The highest BCUT2D eigenvalue weighted by Gasteiger charge is 2.34. The molecule has 12 heavy (non-hydrogen) atoms. The van der Waals surface area contributed by atoms with E-state index in [2.05, 4.69) is 0 Å². The van der Waals surface area contributed by atoms with Crippen LogP contribution < -0.4 is 0 Å². The van der Waals surface area contributed by atoms with Crippen LogP contribution >= 0.6 is 0 Å². The Morgan fingerprint density at radius 2 is 2.08 bits per heavy atom. The number of carboxylic acids is 1. The van der Waals surface area contributed by atoms with Crippen LogP contribution in [-0.4, -0.2) is 17.3 Å². The van der Waals surface area contributed by atoms with Crippen molar-refractivity contribution in [3.8, 4) is 12.3 Å². The average Bonchev–Trinajstić information content (AvgIpc) is 1.83. The van der Waals surface area contributed by atoms with Crippen molar-refractivity contribution in [3.63, 3.8) is 0 Å². The van der Waals surface area contributed by atoms with Crippen molar-refractivity contribution in [1.82, 2.24) is 0 Å². The van der Waals surface area contributed by atoms with Gasteiger partial charge in [-0.15, -0.1) is 12.3 Å². The van der Waals surface area contributed by atoms with Gasteiger partial charge in [-0.1, -0.05) is 0 Å². The summed E-state index contributed by atoms with van der Waals surface area (Å²) in [6.45, 7) is 0. The Hall–Kier alpha value is -1.18. The number of rotatable bonds is 3. The minimum atomic E-state index is -4.47.